The normalized spacial score (nSPS) is 12.6. The first-order chi connectivity index (χ1) is 11.9. The lowest BCUT2D eigenvalue weighted by molar-refractivity contribution is -0.144. The van der Waals surface area contributed by atoms with Crippen LogP contribution in [-0.4, -0.2) is 44.6 Å². The molecule has 1 aliphatic heterocycles. The molecule has 25 heavy (non-hydrogen) atoms. The third-order valence-electron chi connectivity index (χ3n) is 3.54. The maximum atomic E-state index is 12.8. The Morgan fingerprint density at radius 2 is 1.68 bits per heavy atom. The van der Waals surface area contributed by atoms with Crippen LogP contribution in [0, 0.1) is 6.92 Å². The minimum Gasteiger partial charge on any atom is -0.465 e. The fourth-order valence-electron chi connectivity index (χ4n) is 2.45. The quantitative estimate of drug-likeness (QED) is 0.270. The summed E-state index contributed by atoms with van der Waals surface area (Å²) in [5, 5.41) is 0. The topological polar surface area (TPSA) is 99.2 Å². The standard InChI is InChI=1S/C17H17NO7/c1-5-25-17(22)18-11-8-9(2)6-7-10(11)14(19)13(18)12(15(20)23-3)16(21)24-4/h6-8H,5H2,1-4H3. The molecule has 0 unspecified atom stereocenters. The van der Waals surface area contributed by atoms with Crippen LogP contribution in [0.4, 0.5) is 10.5 Å². The number of carbonyl (C=O) groups is 4. The maximum Gasteiger partial charge on any atom is 0.419 e. The van der Waals surface area contributed by atoms with E-state index in [2.05, 4.69) is 9.47 Å². The average molecular weight is 347 g/mol. The lowest BCUT2D eigenvalue weighted by atomic mass is 10.1. The minimum absolute atomic E-state index is 0.0454. The van der Waals surface area contributed by atoms with Crippen molar-refractivity contribution in [3.8, 4) is 0 Å². The van der Waals surface area contributed by atoms with Gasteiger partial charge in [0.25, 0.3) is 0 Å². The predicted molar refractivity (Wildman–Crippen MR) is 86.1 cm³/mol. The molecule has 0 spiro atoms. The Morgan fingerprint density at radius 3 is 2.20 bits per heavy atom. The minimum atomic E-state index is -1.09. The number of ketones is 1. The number of ether oxygens (including phenoxy) is 3. The van der Waals surface area contributed by atoms with Crippen LogP contribution in [0.1, 0.15) is 22.8 Å². The van der Waals surface area contributed by atoms with Crippen LogP contribution in [-0.2, 0) is 23.8 Å². The lowest BCUT2D eigenvalue weighted by Crippen LogP contribution is -2.33. The molecule has 1 amide bonds. The molecular weight excluding hydrogens is 330 g/mol. The maximum absolute atomic E-state index is 12.8. The number of anilines is 1. The summed E-state index contributed by atoms with van der Waals surface area (Å²) in [5.41, 5.74) is 0.0529. The smallest absolute Gasteiger partial charge is 0.419 e. The molecular formula is C17H17NO7. The molecule has 0 saturated carbocycles. The molecule has 0 bridgehead atoms. The summed E-state index contributed by atoms with van der Waals surface area (Å²) in [4.78, 5) is 50.3. The zero-order valence-corrected chi connectivity index (χ0v) is 14.2. The molecule has 0 N–H and O–H groups in total. The van der Waals surface area contributed by atoms with Gasteiger partial charge in [0.2, 0.25) is 5.78 Å². The van der Waals surface area contributed by atoms with E-state index in [9.17, 15) is 19.2 Å². The second-order valence-corrected chi connectivity index (χ2v) is 5.09. The van der Waals surface area contributed by atoms with Crippen molar-refractivity contribution < 1.29 is 33.4 Å². The molecule has 0 aliphatic carbocycles. The molecule has 2 rings (SSSR count). The first kappa shape index (κ1) is 18.2. The van der Waals surface area contributed by atoms with Crippen LogP contribution in [0.25, 0.3) is 0 Å². The number of benzene rings is 1. The number of allylic oxidation sites excluding steroid dienone is 1. The van der Waals surface area contributed by atoms with Gasteiger partial charge in [-0.05, 0) is 31.5 Å². The van der Waals surface area contributed by atoms with Gasteiger partial charge in [-0.25, -0.2) is 19.3 Å². The molecule has 0 aromatic heterocycles. The Morgan fingerprint density at radius 1 is 1.08 bits per heavy atom. The van der Waals surface area contributed by atoms with Gasteiger partial charge < -0.3 is 14.2 Å². The average Bonchev–Trinajstić information content (AvgIpc) is 2.87. The van der Waals surface area contributed by atoms with Crippen LogP contribution >= 0.6 is 0 Å². The molecule has 1 heterocycles. The molecule has 8 heteroatoms. The number of methoxy groups -OCH3 is 2. The Kier molecular flexibility index (Phi) is 5.21. The van der Waals surface area contributed by atoms with Crippen molar-refractivity contribution in [1.82, 2.24) is 0 Å². The van der Waals surface area contributed by atoms with Gasteiger partial charge in [-0.2, -0.15) is 0 Å². The number of fused-ring (bicyclic) bond motifs is 1. The van der Waals surface area contributed by atoms with E-state index in [0.717, 1.165) is 24.7 Å². The first-order valence-electron chi connectivity index (χ1n) is 7.40. The van der Waals surface area contributed by atoms with Crippen LogP contribution < -0.4 is 4.90 Å². The van der Waals surface area contributed by atoms with E-state index in [4.69, 9.17) is 4.74 Å². The highest BCUT2D eigenvalue weighted by atomic mass is 16.6. The van der Waals surface area contributed by atoms with Crippen molar-refractivity contribution in [2.75, 3.05) is 25.7 Å². The van der Waals surface area contributed by atoms with E-state index in [1.807, 2.05) is 0 Å². The monoisotopic (exact) mass is 347 g/mol. The summed E-state index contributed by atoms with van der Waals surface area (Å²) in [7, 11) is 2.11. The van der Waals surface area contributed by atoms with E-state index in [1.165, 1.54) is 6.07 Å². The Hall–Kier alpha value is -3.16. The zero-order chi connectivity index (χ0) is 18.7. The highest BCUT2D eigenvalue weighted by Crippen LogP contribution is 2.37. The highest BCUT2D eigenvalue weighted by Gasteiger charge is 2.43. The molecule has 0 radical (unpaired) electrons. The van der Waals surface area contributed by atoms with E-state index >= 15 is 0 Å². The third kappa shape index (κ3) is 3.10. The van der Waals surface area contributed by atoms with E-state index in [0.29, 0.717) is 0 Å². The number of rotatable bonds is 3. The van der Waals surface area contributed by atoms with Gasteiger partial charge in [-0.1, -0.05) is 6.07 Å². The molecule has 132 valence electrons. The molecule has 1 aromatic rings. The van der Waals surface area contributed by atoms with Crippen LogP contribution in [0.3, 0.4) is 0 Å². The van der Waals surface area contributed by atoms with Crippen LogP contribution in [0.15, 0.2) is 29.5 Å². The van der Waals surface area contributed by atoms with E-state index in [-0.39, 0.29) is 17.9 Å². The second-order valence-electron chi connectivity index (χ2n) is 5.09. The van der Waals surface area contributed by atoms with E-state index < -0.39 is 35.1 Å². The second kappa shape index (κ2) is 7.16. The molecule has 0 saturated heterocycles. The Labute approximate surface area is 143 Å². The SMILES string of the molecule is CCOC(=O)N1C(=C(C(=O)OC)C(=O)OC)C(=O)c2ccc(C)cc21. The van der Waals surface area contributed by atoms with Crippen molar-refractivity contribution in [2.45, 2.75) is 13.8 Å². The zero-order valence-electron chi connectivity index (χ0n) is 14.2. The highest BCUT2D eigenvalue weighted by molar-refractivity contribution is 6.31. The summed E-state index contributed by atoms with van der Waals surface area (Å²) in [6, 6.07) is 4.78. The van der Waals surface area contributed by atoms with Gasteiger partial charge in [0.05, 0.1) is 26.5 Å². The number of Topliss-reactive ketones (excluding diaryl/α,β-unsaturated/α-hetero) is 1. The molecule has 8 nitrogen and oxygen atoms in total. The Balaban J connectivity index is 2.79. The van der Waals surface area contributed by atoms with Crippen molar-refractivity contribution >= 4 is 29.5 Å². The van der Waals surface area contributed by atoms with Crippen molar-refractivity contribution in [3.05, 3.63) is 40.6 Å². The number of nitrogens with zero attached hydrogens (tertiary/aromatic N) is 1. The molecule has 1 aromatic carbocycles. The fraction of sp³-hybridized carbons (Fsp3) is 0.294. The lowest BCUT2D eigenvalue weighted by Gasteiger charge is -2.19. The number of esters is 2. The number of aryl methyl sites for hydroxylation is 1. The van der Waals surface area contributed by atoms with E-state index in [1.54, 1.807) is 26.0 Å². The fourth-order valence-corrected chi connectivity index (χ4v) is 2.45. The number of hydrogen-bond acceptors (Lipinski definition) is 7. The number of amides is 1. The van der Waals surface area contributed by atoms with Gasteiger partial charge in [-0.15, -0.1) is 0 Å². The summed E-state index contributed by atoms with van der Waals surface area (Å²) in [6.45, 7) is 3.42. The van der Waals surface area contributed by atoms with Crippen molar-refractivity contribution in [1.29, 1.82) is 0 Å². The Bertz CT molecular complexity index is 776. The first-order valence-corrected chi connectivity index (χ1v) is 7.40. The van der Waals surface area contributed by atoms with Crippen molar-refractivity contribution in [3.63, 3.8) is 0 Å². The summed E-state index contributed by atoms with van der Waals surface area (Å²) < 4.78 is 14.1. The number of carbonyl (C=O) groups excluding carboxylic acids is 4. The summed E-state index contributed by atoms with van der Waals surface area (Å²) >= 11 is 0. The summed E-state index contributed by atoms with van der Waals surface area (Å²) in [5.74, 6) is -2.85. The van der Waals surface area contributed by atoms with Gasteiger partial charge in [-0.3, -0.25) is 4.79 Å². The van der Waals surface area contributed by atoms with Crippen LogP contribution in [0.2, 0.25) is 0 Å². The largest absolute Gasteiger partial charge is 0.465 e. The van der Waals surface area contributed by atoms with Gasteiger partial charge in [0, 0.05) is 5.56 Å². The predicted octanol–water partition coefficient (Wildman–Crippen LogP) is 1.75. The summed E-state index contributed by atoms with van der Waals surface area (Å²) in [6.07, 6.45) is -0.888. The number of hydrogen-bond donors (Lipinski definition) is 0. The van der Waals surface area contributed by atoms with Gasteiger partial charge in [0.1, 0.15) is 5.70 Å². The molecule has 1 aliphatic rings. The third-order valence-corrected chi connectivity index (χ3v) is 3.54. The molecule has 0 atom stereocenters. The van der Waals surface area contributed by atoms with Gasteiger partial charge in [0.15, 0.2) is 5.57 Å². The van der Waals surface area contributed by atoms with Crippen LogP contribution in [0.5, 0.6) is 0 Å². The van der Waals surface area contributed by atoms with Gasteiger partial charge >= 0.3 is 18.0 Å². The molecule has 0 fully saturated rings. The van der Waals surface area contributed by atoms with Crippen molar-refractivity contribution in [2.24, 2.45) is 0 Å².